The van der Waals surface area contributed by atoms with Crippen molar-refractivity contribution in [3.8, 4) is 12.3 Å². The summed E-state index contributed by atoms with van der Waals surface area (Å²) in [5.41, 5.74) is 1.69. The molecule has 2 aliphatic heterocycles. The molecule has 93 heavy (non-hydrogen) atoms. The van der Waals surface area contributed by atoms with Crippen molar-refractivity contribution in [1.82, 2.24) is 37.2 Å². The van der Waals surface area contributed by atoms with Crippen molar-refractivity contribution in [3.05, 3.63) is 151 Å². The summed E-state index contributed by atoms with van der Waals surface area (Å²) in [4.78, 5) is 96.3. The summed E-state index contributed by atoms with van der Waals surface area (Å²) in [7, 11) is -0.308. The fraction of sp³-hybridized carbons (Fsp3) is 0.444. The molecule has 2 aliphatic rings. The molecule has 21 heteroatoms. The Morgan fingerprint density at radius 1 is 0.581 bits per heavy atom. The zero-order valence-electron chi connectivity index (χ0n) is 54.3. The Morgan fingerprint density at radius 2 is 1.11 bits per heavy atom. The third-order valence-corrected chi connectivity index (χ3v) is 23.0. The fourth-order valence-corrected chi connectivity index (χ4v) is 18.1. The van der Waals surface area contributed by atoms with Crippen LogP contribution in [0.25, 0.3) is 0 Å². The number of amides is 7. The highest BCUT2D eigenvalue weighted by atomic mass is 32.2. The number of hydrogen-bond acceptors (Lipinski definition) is 12. The molecule has 0 bridgehead atoms. The van der Waals surface area contributed by atoms with Crippen LogP contribution < -0.4 is 63.7 Å². The van der Waals surface area contributed by atoms with Gasteiger partial charge >= 0.3 is 12.0 Å². The van der Waals surface area contributed by atoms with Crippen LogP contribution in [0.4, 0.5) is 4.79 Å². The molecule has 7 N–H and O–H groups in total. The van der Waals surface area contributed by atoms with Gasteiger partial charge in [0.05, 0.1) is 44.5 Å². The van der Waals surface area contributed by atoms with Gasteiger partial charge in [-0.2, -0.15) is 11.8 Å². The second kappa shape index (κ2) is 46.1. The van der Waals surface area contributed by atoms with Crippen molar-refractivity contribution in [3.63, 3.8) is 0 Å². The molecule has 0 aliphatic carbocycles. The summed E-state index contributed by atoms with van der Waals surface area (Å²) in [5.74, 6) is 2.57. The van der Waals surface area contributed by atoms with Gasteiger partial charge in [0.15, 0.2) is 5.12 Å². The number of carbonyl (C=O) groups is 8. The van der Waals surface area contributed by atoms with E-state index >= 15 is 0 Å². The van der Waals surface area contributed by atoms with Gasteiger partial charge in [0.1, 0.15) is 0 Å². The lowest BCUT2D eigenvalue weighted by molar-refractivity contribution is -0.123. The first-order valence-corrected chi connectivity index (χ1v) is 37.5. The highest BCUT2D eigenvalue weighted by molar-refractivity contribution is 8.18. The average molecular weight is 1340 g/mol. The number of terminal acetylenes is 1. The molecule has 7 amide bonds. The second-order valence-corrected chi connectivity index (χ2v) is 29.3. The molecule has 0 spiro atoms. The Bertz CT molecular complexity index is 3020. The fourth-order valence-electron chi connectivity index (χ4n) is 10.1. The van der Waals surface area contributed by atoms with Crippen LogP contribution in [-0.2, 0) is 33.4 Å². The topological polar surface area (TPSA) is 239 Å². The summed E-state index contributed by atoms with van der Waals surface area (Å²) in [6.45, 7) is 6.92. The number of fused-ring (bicyclic) bond motifs is 1. The normalized spacial score (nSPS) is 14.3. The smallest absolute Gasteiger partial charge is 0.338 e. The van der Waals surface area contributed by atoms with Crippen LogP contribution in [0.2, 0.25) is 0 Å². The van der Waals surface area contributed by atoms with Crippen LogP contribution in [0.3, 0.4) is 0 Å². The summed E-state index contributed by atoms with van der Waals surface area (Å²) in [6.07, 6.45) is 19.6. The number of rotatable bonds is 38. The third kappa shape index (κ3) is 29.8. The van der Waals surface area contributed by atoms with Gasteiger partial charge in [-0.25, -0.2) is 9.59 Å². The van der Waals surface area contributed by atoms with Crippen LogP contribution in [-0.4, -0.2) is 128 Å². The largest absolute Gasteiger partial charge is 0.465 e. The molecule has 2 saturated heterocycles. The standard InChI is InChI=1S/C30H35N2O4P.C24H32NO2PS.C18H28N4O4S/c1-3-4-5-12-17-28(33)31-20-21-32-29(34)23-18-19-26(30(35)36-2)27(22-23)37(24-13-8-6-9-14-24)25-15-10-7-11-16-25;1-2-3-4-11-17-23(26)25-19-12-18-24(27)29-20-28(21-13-7-5-8-14-21)22-15-9-6-10-16-22;1-2-8-19-16(24)7-10-26-11-9-20-15(23)6-4-3-5-14-17-13(12-27-14)21-18(25)22-17/h6-11,13-16,18-19,22H,3-5,12,17,20-21H2,1-2H3,(H,31,33)(H,32,34);5-10,13-16H,2-4,11-12,17-20H2,1H3,(H,25,26);1,13-14,17H,3-12H2,(H,19,24)(H,20,23)(H2,21,22,25). The number of methoxy groups -OCH3 is 1. The SMILES string of the molecule is C#CCNC(=O)CCOCCNC(=O)CCCCC1SCC2NC(=O)NC21.CCCCCCC(=O)NCCCC(=O)SCP(c1ccccc1)c1ccccc1.CCCCCCC(=O)NCCNC(=O)c1ccc(C(=O)OC)c(P(c2ccccc2)c2ccccc2)c1. The Hall–Kier alpha value is -7.06. The number of esters is 1. The van der Waals surface area contributed by atoms with E-state index in [9.17, 15) is 38.4 Å². The molecular weight excluding hydrogens is 1250 g/mol. The number of nitrogens with one attached hydrogen (secondary N) is 7. The number of ether oxygens (including phenoxy) is 2. The van der Waals surface area contributed by atoms with Crippen LogP contribution in [0.5, 0.6) is 0 Å². The van der Waals surface area contributed by atoms with Crippen molar-refractivity contribution in [2.75, 3.05) is 64.3 Å². The van der Waals surface area contributed by atoms with Crippen LogP contribution in [0.15, 0.2) is 140 Å². The highest BCUT2D eigenvalue weighted by Gasteiger charge is 2.42. The quantitative estimate of drug-likeness (QED) is 0.00644. The monoisotopic (exact) mass is 1340 g/mol. The van der Waals surface area contributed by atoms with E-state index in [1.807, 2.05) is 84.6 Å². The number of benzene rings is 5. The molecule has 500 valence electrons. The van der Waals surface area contributed by atoms with Gasteiger partial charge in [0, 0.05) is 85.6 Å². The van der Waals surface area contributed by atoms with Crippen LogP contribution in [0, 0.1) is 12.3 Å². The maximum absolute atomic E-state index is 13.0. The maximum Gasteiger partial charge on any atom is 0.338 e. The predicted octanol–water partition coefficient (Wildman–Crippen LogP) is 9.24. The first-order valence-electron chi connectivity index (χ1n) is 32.6. The second-order valence-electron chi connectivity index (χ2n) is 22.2. The summed E-state index contributed by atoms with van der Waals surface area (Å²) < 4.78 is 10.4. The maximum atomic E-state index is 13.0. The third-order valence-electron chi connectivity index (χ3n) is 15.1. The predicted molar refractivity (Wildman–Crippen MR) is 382 cm³/mol. The lowest BCUT2D eigenvalue weighted by Gasteiger charge is -2.22. The number of hydrogen-bond donors (Lipinski definition) is 7. The van der Waals surface area contributed by atoms with Crippen molar-refractivity contribution in [2.24, 2.45) is 0 Å². The molecule has 17 nitrogen and oxygen atoms in total. The van der Waals surface area contributed by atoms with E-state index in [-0.39, 0.29) is 65.7 Å². The minimum atomic E-state index is -1.12. The van der Waals surface area contributed by atoms with Crippen LogP contribution >= 0.6 is 39.4 Å². The first kappa shape index (κ1) is 76.7. The zero-order chi connectivity index (χ0) is 66.7. The highest BCUT2D eigenvalue weighted by Crippen LogP contribution is 2.38. The van der Waals surface area contributed by atoms with Gasteiger partial charge in [-0.15, -0.1) is 6.42 Å². The van der Waals surface area contributed by atoms with E-state index in [0.717, 1.165) is 84.9 Å². The van der Waals surface area contributed by atoms with Gasteiger partial charge in [0.25, 0.3) is 5.91 Å². The van der Waals surface area contributed by atoms with Gasteiger partial charge in [-0.1, -0.05) is 198 Å². The number of thioether (sulfide) groups is 2. The summed E-state index contributed by atoms with van der Waals surface area (Å²) in [6, 6.07) is 46.4. The number of urea groups is 1. The minimum Gasteiger partial charge on any atom is -0.465 e. The summed E-state index contributed by atoms with van der Waals surface area (Å²) >= 11 is 3.32. The van der Waals surface area contributed by atoms with E-state index in [4.69, 9.17) is 15.9 Å². The van der Waals surface area contributed by atoms with Crippen molar-refractivity contribution >= 4 is 113 Å². The van der Waals surface area contributed by atoms with Gasteiger partial charge in [-0.05, 0) is 87.4 Å². The van der Waals surface area contributed by atoms with E-state index in [1.54, 1.807) is 18.2 Å². The van der Waals surface area contributed by atoms with E-state index in [0.29, 0.717) is 87.9 Å². The Morgan fingerprint density at radius 3 is 1.67 bits per heavy atom. The number of carbonyl (C=O) groups excluding carboxylic acids is 8. The Kier molecular flexibility index (Phi) is 38.0. The molecule has 5 aromatic rings. The van der Waals surface area contributed by atoms with Gasteiger partial charge in [-0.3, -0.25) is 28.8 Å². The lowest BCUT2D eigenvalue weighted by Crippen LogP contribution is -2.36. The Balaban J connectivity index is 0.000000257. The van der Waals surface area contributed by atoms with E-state index < -0.39 is 21.8 Å². The van der Waals surface area contributed by atoms with E-state index in [2.05, 4.69) is 106 Å². The molecule has 7 rings (SSSR count). The number of unbranched alkanes of at least 4 members (excludes halogenated alkanes) is 7. The van der Waals surface area contributed by atoms with E-state index in [1.165, 1.54) is 42.3 Å². The minimum absolute atomic E-state index is 0.00596. The molecule has 2 heterocycles. The Labute approximate surface area is 562 Å². The van der Waals surface area contributed by atoms with Crippen molar-refractivity contribution in [1.29, 1.82) is 0 Å². The van der Waals surface area contributed by atoms with Crippen molar-refractivity contribution < 1.29 is 47.8 Å². The summed E-state index contributed by atoms with van der Waals surface area (Å²) in [5, 5.41) is 26.1. The molecule has 3 atom stereocenters. The van der Waals surface area contributed by atoms with Gasteiger partial charge < -0.3 is 46.7 Å². The first-order chi connectivity index (χ1) is 45.3. The van der Waals surface area contributed by atoms with Crippen LogP contribution in [0.1, 0.15) is 144 Å². The molecule has 0 radical (unpaired) electrons. The van der Waals surface area contributed by atoms with Crippen molar-refractivity contribution in [2.45, 2.75) is 140 Å². The molecule has 0 aromatic heterocycles. The molecular formula is C72H95N7O10P2S2. The van der Waals surface area contributed by atoms with Gasteiger partial charge in [0.2, 0.25) is 23.6 Å². The average Bonchev–Trinajstić information content (AvgIpc) is 1.13. The molecule has 5 aromatic carbocycles. The zero-order valence-corrected chi connectivity index (χ0v) is 57.7. The lowest BCUT2D eigenvalue weighted by atomic mass is 10.0. The molecule has 0 saturated carbocycles. The molecule has 3 unspecified atom stereocenters. The molecule has 2 fully saturated rings.